The molecule has 1 fully saturated rings. The van der Waals surface area contributed by atoms with E-state index >= 15 is 0 Å². The number of rotatable bonds is 3. The molecule has 1 atom stereocenters. The molecule has 9 heteroatoms. The third kappa shape index (κ3) is 3.32. The second-order valence-corrected chi connectivity index (χ2v) is 6.70. The molecule has 0 N–H and O–H groups in total. The number of nitrogens with zero attached hydrogens (tertiary/aromatic N) is 1. The zero-order chi connectivity index (χ0) is 15.1. The van der Waals surface area contributed by atoms with Crippen LogP contribution in [0.4, 0.5) is 18.4 Å². The maximum Gasteiger partial charge on any atom is 0.302 e. The first-order valence-corrected chi connectivity index (χ1v) is 7.89. The molecule has 1 aliphatic rings. The van der Waals surface area contributed by atoms with Gasteiger partial charge in [-0.1, -0.05) is 0 Å². The number of hydrogen-bond acceptors (Lipinski definition) is 3. The van der Waals surface area contributed by atoms with Crippen LogP contribution in [0.1, 0.15) is 6.42 Å². The van der Waals surface area contributed by atoms with Crippen LogP contribution in [-0.2, 0) is 15.0 Å². The summed E-state index contributed by atoms with van der Waals surface area (Å²) in [5.74, 6) is -3.78. The van der Waals surface area contributed by atoms with Gasteiger partial charge in [-0.05, 0) is 22.0 Å². The molecule has 0 aliphatic carbocycles. The zero-order valence-corrected chi connectivity index (χ0v) is 12.3. The Labute approximate surface area is 121 Å². The number of carbonyl (C=O) groups excluding carboxylic acids is 1. The molecule has 0 aromatic heterocycles. The smallest absolute Gasteiger partial charge is 0.302 e. The van der Waals surface area contributed by atoms with Crippen molar-refractivity contribution in [3.63, 3.8) is 0 Å². The van der Waals surface area contributed by atoms with Gasteiger partial charge in [0.1, 0.15) is 11.6 Å². The van der Waals surface area contributed by atoms with Gasteiger partial charge in [-0.3, -0.25) is 4.79 Å². The van der Waals surface area contributed by atoms with E-state index in [9.17, 15) is 25.9 Å². The van der Waals surface area contributed by atoms with Crippen LogP contribution in [0.3, 0.4) is 0 Å². The van der Waals surface area contributed by atoms with Gasteiger partial charge in [0.05, 0.1) is 15.9 Å². The van der Waals surface area contributed by atoms with Gasteiger partial charge in [-0.2, -0.15) is 8.42 Å². The topological polar surface area (TPSA) is 54.5 Å². The summed E-state index contributed by atoms with van der Waals surface area (Å²) in [6, 6.07) is 1.61. The van der Waals surface area contributed by atoms with Gasteiger partial charge in [0.2, 0.25) is 5.91 Å². The molecule has 0 spiro atoms. The van der Waals surface area contributed by atoms with E-state index in [1.165, 1.54) is 0 Å². The summed E-state index contributed by atoms with van der Waals surface area (Å²) >= 11 is 2.91. The molecular weight excluding hydrogens is 363 g/mol. The predicted octanol–water partition coefficient (Wildman–Crippen LogP) is 2.38. The second kappa shape index (κ2) is 5.36. The maximum atomic E-state index is 13.4. The minimum absolute atomic E-state index is 0.0359. The maximum absolute atomic E-state index is 13.4. The van der Waals surface area contributed by atoms with Crippen molar-refractivity contribution < 1.29 is 25.9 Å². The summed E-state index contributed by atoms with van der Waals surface area (Å²) in [5, 5.41) is 0. The molecule has 0 radical (unpaired) electrons. The summed E-state index contributed by atoms with van der Waals surface area (Å²) in [5.41, 5.74) is -0.0359. The van der Waals surface area contributed by atoms with Crippen LogP contribution < -0.4 is 4.90 Å². The van der Waals surface area contributed by atoms with Crippen LogP contribution in [0.15, 0.2) is 16.6 Å². The Morgan fingerprint density at radius 2 is 2.00 bits per heavy atom. The van der Waals surface area contributed by atoms with E-state index in [1.54, 1.807) is 0 Å². The SMILES string of the molecule is O=C1CC(CS(=O)(=O)F)CN1c1cc(F)cc(F)c1Br. The lowest BCUT2D eigenvalue weighted by Crippen LogP contribution is -2.26. The van der Waals surface area contributed by atoms with E-state index in [4.69, 9.17) is 0 Å². The number of benzene rings is 1. The highest BCUT2D eigenvalue weighted by atomic mass is 79.9. The summed E-state index contributed by atoms with van der Waals surface area (Å²) in [4.78, 5) is 12.8. The van der Waals surface area contributed by atoms with Crippen molar-refractivity contribution in [2.75, 3.05) is 17.2 Å². The highest BCUT2D eigenvalue weighted by Crippen LogP contribution is 2.34. The molecule has 0 saturated carbocycles. The molecule has 1 aromatic carbocycles. The number of hydrogen-bond donors (Lipinski definition) is 0. The van der Waals surface area contributed by atoms with Crippen molar-refractivity contribution in [3.8, 4) is 0 Å². The first-order chi connectivity index (χ1) is 9.17. The number of anilines is 1. The Morgan fingerprint density at radius 3 is 2.60 bits per heavy atom. The van der Waals surface area contributed by atoms with Crippen LogP contribution in [0.25, 0.3) is 0 Å². The molecule has 20 heavy (non-hydrogen) atoms. The van der Waals surface area contributed by atoms with E-state index in [-0.39, 0.29) is 23.1 Å². The molecule has 4 nitrogen and oxygen atoms in total. The summed E-state index contributed by atoms with van der Waals surface area (Å²) in [6.07, 6.45) is -0.187. The molecule has 1 unspecified atom stereocenters. The predicted molar refractivity (Wildman–Crippen MR) is 69.4 cm³/mol. The quantitative estimate of drug-likeness (QED) is 0.605. The van der Waals surface area contributed by atoms with Crippen LogP contribution >= 0.6 is 15.9 Å². The standard InChI is InChI=1S/C11H9BrF3NO3S/c12-11-8(14)2-7(13)3-9(11)16-4-6(1-10(16)17)5-20(15,18)19/h2-3,6H,1,4-5H2. The summed E-state index contributed by atoms with van der Waals surface area (Å²) in [6.45, 7) is -0.108. The van der Waals surface area contributed by atoms with E-state index in [2.05, 4.69) is 15.9 Å². The molecule has 1 aromatic rings. The van der Waals surface area contributed by atoms with E-state index in [0.29, 0.717) is 6.07 Å². The molecule has 1 saturated heterocycles. The Bertz CT molecular complexity index is 665. The van der Waals surface area contributed by atoms with E-state index < -0.39 is 39.4 Å². The monoisotopic (exact) mass is 371 g/mol. The van der Waals surface area contributed by atoms with Crippen molar-refractivity contribution in [2.45, 2.75) is 6.42 Å². The molecule has 110 valence electrons. The molecule has 0 bridgehead atoms. The first-order valence-electron chi connectivity index (χ1n) is 5.54. The van der Waals surface area contributed by atoms with Crippen LogP contribution in [0.2, 0.25) is 0 Å². The molecule has 1 aliphatic heterocycles. The van der Waals surface area contributed by atoms with Crippen molar-refractivity contribution in [2.24, 2.45) is 5.92 Å². The van der Waals surface area contributed by atoms with Crippen LogP contribution in [-0.4, -0.2) is 26.6 Å². The Hall–Kier alpha value is -1.09. The van der Waals surface area contributed by atoms with Gasteiger partial charge in [0, 0.05) is 24.9 Å². The van der Waals surface area contributed by atoms with Crippen molar-refractivity contribution in [1.29, 1.82) is 0 Å². The third-order valence-corrected chi connectivity index (χ3v) is 4.56. The lowest BCUT2D eigenvalue weighted by molar-refractivity contribution is -0.117. The van der Waals surface area contributed by atoms with Gasteiger partial charge in [0.25, 0.3) is 0 Å². The second-order valence-electron chi connectivity index (χ2n) is 4.50. The van der Waals surface area contributed by atoms with Crippen molar-refractivity contribution in [3.05, 3.63) is 28.2 Å². The molecular formula is C11H9BrF3NO3S. The minimum atomic E-state index is -4.70. The number of carbonyl (C=O) groups is 1. The van der Waals surface area contributed by atoms with Gasteiger partial charge >= 0.3 is 10.2 Å². The van der Waals surface area contributed by atoms with Gasteiger partial charge in [0.15, 0.2) is 0 Å². The lowest BCUT2D eigenvalue weighted by atomic mass is 10.1. The van der Waals surface area contributed by atoms with E-state index in [1.807, 2.05) is 0 Å². The normalized spacial score (nSPS) is 19.7. The fourth-order valence-electron chi connectivity index (χ4n) is 2.15. The Balaban J connectivity index is 2.29. The molecule has 2 rings (SSSR count). The van der Waals surface area contributed by atoms with Crippen molar-refractivity contribution in [1.82, 2.24) is 0 Å². The van der Waals surface area contributed by atoms with E-state index in [0.717, 1.165) is 11.0 Å². The highest BCUT2D eigenvalue weighted by molar-refractivity contribution is 9.10. The minimum Gasteiger partial charge on any atom is -0.311 e. The highest BCUT2D eigenvalue weighted by Gasteiger charge is 2.35. The Kier molecular flexibility index (Phi) is 4.10. The van der Waals surface area contributed by atoms with Crippen LogP contribution in [0.5, 0.6) is 0 Å². The fourth-order valence-corrected chi connectivity index (χ4v) is 3.38. The van der Waals surface area contributed by atoms with Gasteiger partial charge in [-0.15, -0.1) is 3.89 Å². The number of amides is 1. The average molecular weight is 372 g/mol. The van der Waals surface area contributed by atoms with Gasteiger partial charge in [-0.25, -0.2) is 8.78 Å². The van der Waals surface area contributed by atoms with Crippen LogP contribution in [0, 0.1) is 17.6 Å². The van der Waals surface area contributed by atoms with Crippen molar-refractivity contribution >= 4 is 37.7 Å². The third-order valence-electron chi connectivity index (χ3n) is 2.90. The molecule has 1 amide bonds. The lowest BCUT2D eigenvalue weighted by Gasteiger charge is -2.18. The summed E-state index contributed by atoms with van der Waals surface area (Å²) < 4.78 is 60.3. The zero-order valence-electron chi connectivity index (χ0n) is 9.95. The average Bonchev–Trinajstić information content (AvgIpc) is 2.62. The van der Waals surface area contributed by atoms with Gasteiger partial charge < -0.3 is 4.90 Å². The Morgan fingerprint density at radius 1 is 1.35 bits per heavy atom. The molecule has 1 heterocycles. The number of halogens is 4. The first kappa shape index (κ1) is 15.3. The summed E-state index contributed by atoms with van der Waals surface area (Å²) in [7, 11) is -4.70. The largest absolute Gasteiger partial charge is 0.311 e. The fraction of sp³-hybridized carbons (Fsp3) is 0.364.